The third-order valence-corrected chi connectivity index (χ3v) is 24.1. The van der Waals surface area contributed by atoms with Gasteiger partial charge in [-0.1, -0.05) is 206 Å². The number of nitrogens with zero attached hydrogens (tertiary/aromatic N) is 4. The SMILES string of the molecule is c1ccc(N2c3ccccc3[Si](c3ccccc3)(c3ccccc3)c3cc4c(cc32)c2ccc([Si](c3ccccc3)(c3ccccc3)c3cccc(-c5ccccn5)c3)cc2n4-c2ccccn2)cc1. The third-order valence-electron chi connectivity index (χ3n) is 14.5. The molecule has 13 rings (SSSR count). The molecule has 0 N–H and O–H groups in total. The number of para-hydroxylation sites is 2. The normalized spacial score (nSPS) is 12.9. The molecule has 12 aromatic rings. The fourth-order valence-corrected chi connectivity index (χ4v) is 21.5. The fraction of sp³-hybridized carbons (Fsp3) is 0. The zero-order valence-electron chi connectivity index (χ0n) is 38.3. The Kier molecular flexibility index (Phi) is 10.2. The molecule has 0 aliphatic carbocycles. The molecule has 0 unspecified atom stereocenters. The summed E-state index contributed by atoms with van der Waals surface area (Å²) in [5.74, 6) is 0.881. The second-order valence-electron chi connectivity index (χ2n) is 18.1. The van der Waals surface area contributed by atoms with E-state index in [1.54, 1.807) is 0 Å². The molecule has 0 saturated carbocycles. The average molecular weight is 927 g/mol. The molecule has 0 spiro atoms. The maximum Gasteiger partial charge on any atom is 0.184 e. The highest BCUT2D eigenvalue weighted by Gasteiger charge is 2.49. The maximum absolute atomic E-state index is 5.16. The van der Waals surface area contributed by atoms with Crippen molar-refractivity contribution in [1.29, 1.82) is 0 Å². The Morgan fingerprint density at radius 1 is 0.357 bits per heavy atom. The van der Waals surface area contributed by atoms with Crippen molar-refractivity contribution in [2.75, 3.05) is 4.90 Å². The van der Waals surface area contributed by atoms with E-state index in [2.05, 4.69) is 264 Å². The minimum atomic E-state index is -3.05. The van der Waals surface area contributed by atoms with E-state index in [0.717, 1.165) is 33.8 Å². The van der Waals surface area contributed by atoms with Crippen molar-refractivity contribution in [2.24, 2.45) is 0 Å². The predicted octanol–water partition coefficient (Wildman–Crippen LogP) is 9.78. The van der Waals surface area contributed by atoms with Crippen LogP contribution in [0.4, 0.5) is 17.1 Å². The maximum atomic E-state index is 5.16. The highest BCUT2D eigenvalue weighted by molar-refractivity contribution is 7.21. The lowest BCUT2D eigenvalue weighted by Crippen LogP contribution is -2.77. The van der Waals surface area contributed by atoms with Crippen LogP contribution in [0, 0.1) is 0 Å². The van der Waals surface area contributed by atoms with E-state index in [4.69, 9.17) is 9.97 Å². The van der Waals surface area contributed by atoms with Crippen LogP contribution in [-0.4, -0.2) is 30.7 Å². The van der Waals surface area contributed by atoms with Crippen molar-refractivity contribution in [3.05, 3.63) is 279 Å². The molecule has 0 radical (unpaired) electrons. The van der Waals surface area contributed by atoms with Gasteiger partial charge in [-0.2, -0.15) is 0 Å². The average Bonchev–Trinajstić information content (AvgIpc) is 3.76. The summed E-state index contributed by atoms with van der Waals surface area (Å²) in [5.41, 5.74) is 7.85. The Balaban J connectivity index is 1.18. The molecule has 0 fully saturated rings. The van der Waals surface area contributed by atoms with Crippen LogP contribution in [-0.2, 0) is 0 Å². The first-order chi connectivity index (χ1) is 34.7. The van der Waals surface area contributed by atoms with Gasteiger partial charge in [0.15, 0.2) is 16.1 Å². The fourth-order valence-electron chi connectivity index (χ4n) is 11.6. The van der Waals surface area contributed by atoms with Gasteiger partial charge in [0, 0.05) is 45.8 Å². The van der Waals surface area contributed by atoms with Gasteiger partial charge in [-0.3, -0.25) is 9.55 Å². The topological polar surface area (TPSA) is 34.0 Å². The highest BCUT2D eigenvalue weighted by atomic mass is 28.3. The molecule has 0 amide bonds. The van der Waals surface area contributed by atoms with Crippen LogP contribution in [0.1, 0.15) is 0 Å². The summed E-state index contributed by atoms with van der Waals surface area (Å²) in [5, 5.41) is 13.0. The zero-order valence-corrected chi connectivity index (χ0v) is 40.3. The molecule has 1 aliphatic heterocycles. The van der Waals surface area contributed by atoms with Crippen molar-refractivity contribution in [3.8, 4) is 17.1 Å². The number of rotatable bonds is 9. The van der Waals surface area contributed by atoms with Crippen molar-refractivity contribution in [3.63, 3.8) is 0 Å². The number of fused-ring (bicyclic) bond motifs is 5. The minimum absolute atomic E-state index is 0.881. The van der Waals surface area contributed by atoms with Gasteiger partial charge >= 0.3 is 0 Å². The number of pyridine rings is 2. The minimum Gasteiger partial charge on any atom is -0.311 e. The quantitative estimate of drug-likeness (QED) is 0.107. The van der Waals surface area contributed by atoms with Gasteiger partial charge in [0.1, 0.15) is 5.82 Å². The van der Waals surface area contributed by atoms with Crippen LogP contribution in [0.3, 0.4) is 0 Å². The second kappa shape index (κ2) is 17.1. The summed E-state index contributed by atoms with van der Waals surface area (Å²) < 4.78 is 2.44. The molecule has 70 heavy (non-hydrogen) atoms. The Hall–Kier alpha value is -8.69. The molecular formula is C64H46N4Si2. The second-order valence-corrected chi connectivity index (χ2v) is 25.6. The summed E-state index contributed by atoms with van der Waals surface area (Å²) in [4.78, 5) is 12.5. The highest BCUT2D eigenvalue weighted by Crippen LogP contribution is 2.42. The van der Waals surface area contributed by atoms with Crippen molar-refractivity contribution >= 4 is 96.5 Å². The van der Waals surface area contributed by atoms with E-state index in [1.165, 1.54) is 63.6 Å². The van der Waals surface area contributed by atoms with Gasteiger partial charge in [-0.15, -0.1) is 0 Å². The number of aromatic nitrogens is 3. The molecular weight excluding hydrogens is 881 g/mol. The summed E-state index contributed by atoms with van der Waals surface area (Å²) >= 11 is 0. The molecule has 6 heteroatoms. The van der Waals surface area contributed by atoms with Gasteiger partial charge < -0.3 is 4.90 Å². The van der Waals surface area contributed by atoms with Gasteiger partial charge in [0.05, 0.1) is 16.7 Å². The molecule has 9 aromatic carbocycles. The summed E-state index contributed by atoms with van der Waals surface area (Å²) in [6, 6.07) is 99.0. The molecule has 1 aliphatic rings. The molecule has 4 heterocycles. The van der Waals surface area contributed by atoms with Gasteiger partial charge in [-0.25, -0.2) is 4.98 Å². The first-order valence-electron chi connectivity index (χ1n) is 24.0. The van der Waals surface area contributed by atoms with E-state index in [1.807, 2.05) is 24.5 Å². The first kappa shape index (κ1) is 41.5. The number of hydrogen-bond acceptors (Lipinski definition) is 3. The van der Waals surface area contributed by atoms with Crippen LogP contribution >= 0.6 is 0 Å². The first-order valence-corrected chi connectivity index (χ1v) is 28.0. The Bertz CT molecular complexity index is 3740. The lowest BCUT2D eigenvalue weighted by molar-refractivity contribution is 1.08. The van der Waals surface area contributed by atoms with Crippen molar-refractivity contribution < 1.29 is 0 Å². The standard InChI is InChI=1S/C64H46N4Si2/c1-6-24-48(25-7-1)67-58-36-16-17-37-62(58)70(51-30-12-4-13-31-51,52-32-14-5-15-33-52)63-46-60-56(45-61(63)67)55-40-39-54(44-59(55)68(60)64-38-19-21-42-66-64)69(49-26-8-2-9-27-49,50-28-10-3-11-29-50)53-34-22-23-47(43-53)57-35-18-20-41-65-57/h1-46H. The van der Waals surface area contributed by atoms with Crippen LogP contribution in [0.2, 0.25) is 0 Å². The summed E-state index contributed by atoms with van der Waals surface area (Å²) in [6.45, 7) is 0. The number of hydrogen-bond donors (Lipinski definition) is 0. The van der Waals surface area contributed by atoms with Crippen molar-refractivity contribution in [1.82, 2.24) is 14.5 Å². The molecule has 3 aromatic heterocycles. The number of anilines is 3. The lowest BCUT2D eigenvalue weighted by Gasteiger charge is -2.45. The summed E-state index contributed by atoms with van der Waals surface area (Å²) in [7, 11) is -6.07. The Labute approximate surface area is 410 Å². The van der Waals surface area contributed by atoms with Crippen LogP contribution in [0.5, 0.6) is 0 Å². The van der Waals surface area contributed by atoms with E-state index in [0.29, 0.717) is 0 Å². The molecule has 0 bridgehead atoms. The largest absolute Gasteiger partial charge is 0.311 e. The zero-order chi connectivity index (χ0) is 46.5. The van der Waals surface area contributed by atoms with E-state index < -0.39 is 16.1 Å². The Morgan fingerprint density at radius 3 is 1.56 bits per heavy atom. The lowest BCUT2D eigenvalue weighted by atomic mass is 10.1. The predicted molar refractivity (Wildman–Crippen MR) is 297 cm³/mol. The van der Waals surface area contributed by atoms with Crippen LogP contribution in [0.25, 0.3) is 38.9 Å². The van der Waals surface area contributed by atoms with E-state index in [9.17, 15) is 0 Å². The third kappa shape index (κ3) is 6.42. The molecule has 0 saturated heterocycles. The van der Waals surface area contributed by atoms with E-state index >= 15 is 0 Å². The molecule has 4 nitrogen and oxygen atoms in total. The van der Waals surface area contributed by atoms with E-state index in [-0.39, 0.29) is 0 Å². The number of benzene rings is 9. The smallest absolute Gasteiger partial charge is 0.184 e. The van der Waals surface area contributed by atoms with Gasteiger partial charge in [0.25, 0.3) is 0 Å². The van der Waals surface area contributed by atoms with Crippen molar-refractivity contribution in [2.45, 2.75) is 0 Å². The summed E-state index contributed by atoms with van der Waals surface area (Å²) in [6.07, 6.45) is 3.80. The monoisotopic (exact) mass is 926 g/mol. The van der Waals surface area contributed by atoms with Gasteiger partial charge in [-0.05, 0) is 102 Å². The van der Waals surface area contributed by atoms with Gasteiger partial charge in [0.2, 0.25) is 0 Å². The van der Waals surface area contributed by atoms with Crippen LogP contribution in [0.15, 0.2) is 279 Å². The molecule has 330 valence electrons. The Morgan fingerprint density at radius 2 is 0.914 bits per heavy atom. The molecule has 0 atom stereocenters. The van der Waals surface area contributed by atoms with Crippen LogP contribution < -0.4 is 46.4 Å².